The predicted molar refractivity (Wildman–Crippen MR) is 193 cm³/mol. The summed E-state index contributed by atoms with van der Waals surface area (Å²) < 4.78 is 22.7. The Morgan fingerprint density at radius 3 is 1.79 bits per heavy atom. The number of carbonyl (C=O) groups is 4. The van der Waals surface area contributed by atoms with Gasteiger partial charge >= 0.3 is 11.9 Å². The molecule has 3 aromatic rings. The van der Waals surface area contributed by atoms with Crippen molar-refractivity contribution >= 4 is 23.8 Å². The van der Waals surface area contributed by atoms with Gasteiger partial charge in [0.1, 0.15) is 37.6 Å². The maximum absolute atomic E-state index is 13.0. The van der Waals surface area contributed by atoms with Crippen molar-refractivity contribution in [2.45, 2.75) is 101 Å². The highest BCUT2D eigenvalue weighted by Crippen LogP contribution is 2.25. The van der Waals surface area contributed by atoms with Crippen LogP contribution in [0, 0.1) is 0 Å². The van der Waals surface area contributed by atoms with E-state index in [1.165, 1.54) is 0 Å². The highest BCUT2D eigenvalue weighted by atomic mass is 16.7. The molecule has 1 aliphatic rings. The van der Waals surface area contributed by atoms with Crippen molar-refractivity contribution in [2.24, 2.45) is 0 Å². The molecule has 0 aliphatic carbocycles. The standard InChI is InChI=1S/C40H50N2O11/c43-25-32-37(47)38(48)36(42-33(44)21-13-2-1-3-14-22-41-39(49)30-19-11-6-12-20-30)40(53-32)52-31(23-34(45)50-26-28-15-7-4-8-16-28)24-35(46)51-27-29-17-9-5-10-18-29/h4-12,15-20,31-32,36-38,40,43,47-48H,1-3,13-14,21-27H2,(H,41,49)(H,42,44)/t32-,36-,37-,38-,40+/m1/s1. The smallest absolute Gasteiger partial charge is 0.308 e. The van der Waals surface area contributed by atoms with Gasteiger partial charge in [0.2, 0.25) is 5.91 Å². The van der Waals surface area contributed by atoms with E-state index in [-0.39, 0.29) is 25.5 Å². The number of amides is 2. The monoisotopic (exact) mass is 734 g/mol. The Bertz CT molecular complexity index is 1490. The van der Waals surface area contributed by atoms with Crippen LogP contribution in [0.3, 0.4) is 0 Å². The molecule has 0 saturated carbocycles. The number of aliphatic hydroxyl groups excluding tert-OH is 3. The maximum atomic E-state index is 13.0. The molecule has 0 spiro atoms. The lowest BCUT2D eigenvalue weighted by Crippen LogP contribution is -2.65. The minimum absolute atomic E-state index is 0.00816. The molecule has 5 N–H and O–H groups in total. The van der Waals surface area contributed by atoms with E-state index in [9.17, 15) is 34.5 Å². The van der Waals surface area contributed by atoms with Crippen molar-refractivity contribution in [3.05, 3.63) is 108 Å². The summed E-state index contributed by atoms with van der Waals surface area (Å²) in [6.07, 6.45) is -3.95. The molecule has 4 rings (SSSR count). The SMILES string of the molecule is O=C(CCCCCCCNC(=O)c1ccccc1)N[C@H]1[C@@H](OC(CC(=O)OCc2ccccc2)CC(=O)OCc2ccccc2)O[C@H](CO)[C@@H](O)[C@@H]1O. The molecular formula is C40H50N2O11. The number of aliphatic hydroxyl groups is 3. The van der Waals surface area contributed by atoms with E-state index in [4.69, 9.17) is 18.9 Å². The van der Waals surface area contributed by atoms with E-state index in [1.807, 2.05) is 30.3 Å². The highest BCUT2D eigenvalue weighted by molar-refractivity contribution is 5.94. The van der Waals surface area contributed by atoms with E-state index in [2.05, 4.69) is 10.6 Å². The molecule has 13 nitrogen and oxygen atoms in total. The largest absolute Gasteiger partial charge is 0.461 e. The number of esters is 2. The number of nitrogens with one attached hydrogen (secondary N) is 2. The zero-order chi connectivity index (χ0) is 37.8. The predicted octanol–water partition coefficient (Wildman–Crippen LogP) is 3.33. The molecule has 0 aromatic heterocycles. The number of carbonyl (C=O) groups excluding carboxylic acids is 4. The molecule has 0 radical (unpaired) electrons. The van der Waals surface area contributed by atoms with Gasteiger partial charge in [-0.3, -0.25) is 19.2 Å². The molecule has 1 heterocycles. The third-order valence-electron chi connectivity index (χ3n) is 8.71. The van der Waals surface area contributed by atoms with Crippen LogP contribution in [0.5, 0.6) is 0 Å². The average Bonchev–Trinajstić information content (AvgIpc) is 3.18. The number of ether oxygens (including phenoxy) is 4. The molecule has 1 fully saturated rings. The molecule has 13 heteroatoms. The fraction of sp³-hybridized carbons (Fsp3) is 0.450. The normalized spacial score (nSPS) is 19.7. The molecule has 2 amide bonds. The van der Waals surface area contributed by atoms with Gasteiger partial charge < -0.3 is 44.9 Å². The van der Waals surface area contributed by atoms with Crippen molar-refractivity contribution in [1.82, 2.24) is 10.6 Å². The average molecular weight is 735 g/mol. The fourth-order valence-corrected chi connectivity index (χ4v) is 5.77. The van der Waals surface area contributed by atoms with Crippen molar-refractivity contribution in [1.29, 1.82) is 0 Å². The number of rotatable bonds is 21. The summed E-state index contributed by atoms with van der Waals surface area (Å²) in [5, 5.41) is 37.0. The lowest BCUT2D eigenvalue weighted by Gasteiger charge is -2.43. The summed E-state index contributed by atoms with van der Waals surface area (Å²) >= 11 is 0. The highest BCUT2D eigenvalue weighted by Gasteiger charge is 2.46. The van der Waals surface area contributed by atoms with E-state index in [0.29, 0.717) is 18.5 Å². The van der Waals surface area contributed by atoms with Crippen LogP contribution >= 0.6 is 0 Å². The van der Waals surface area contributed by atoms with E-state index >= 15 is 0 Å². The number of benzene rings is 3. The van der Waals surface area contributed by atoms with Gasteiger partial charge in [-0.1, -0.05) is 98.1 Å². The van der Waals surface area contributed by atoms with Gasteiger partial charge in [-0.2, -0.15) is 0 Å². The van der Waals surface area contributed by atoms with Crippen LogP contribution in [-0.2, 0) is 46.5 Å². The summed E-state index contributed by atoms with van der Waals surface area (Å²) in [4.78, 5) is 51.1. The van der Waals surface area contributed by atoms with Crippen molar-refractivity contribution in [3.8, 4) is 0 Å². The Morgan fingerprint density at radius 2 is 1.23 bits per heavy atom. The number of unbranched alkanes of at least 4 members (excludes halogenated alkanes) is 4. The Kier molecular flexibility index (Phi) is 17.4. The molecule has 0 unspecified atom stereocenters. The summed E-state index contributed by atoms with van der Waals surface area (Å²) in [5.41, 5.74) is 2.13. The van der Waals surface area contributed by atoms with Crippen LogP contribution in [-0.4, -0.2) is 89.0 Å². The Hall–Kier alpha value is -4.66. The molecule has 3 aromatic carbocycles. The summed E-state index contributed by atoms with van der Waals surface area (Å²) in [6, 6.07) is 25.8. The Balaban J connectivity index is 1.30. The third-order valence-corrected chi connectivity index (χ3v) is 8.71. The molecule has 5 atom stereocenters. The molecule has 0 bridgehead atoms. The fourth-order valence-electron chi connectivity index (χ4n) is 5.77. The lowest BCUT2D eigenvalue weighted by molar-refractivity contribution is -0.282. The first-order valence-electron chi connectivity index (χ1n) is 18.0. The zero-order valence-corrected chi connectivity index (χ0v) is 29.7. The van der Waals surface area contributed by atoms with E-state index < -0.39 is 74.0 Å². The van der Waals surface area contributed by atoms with Crippen molar-refractivity contribution in [2.75, 3.05) is 13.2 Å². The Morgan fingerprint density at radius 1 is 0.698 bits per heavy atom. The van der Waals surface area contributed by atoms with Crippen LogP contribution < -0.4 is 10.6 Å². The van der Waals surface area contributed by atoms with Crippen LogP contribution in [0.2, 0.25) is 0 Å². The summed E-state index contributed by atoms with van der Waals surface area (Å²) in [7, 11) is 0. The molecular weight excluding hydrogens is 684 g/mol. The molecule has 286 valence electrons. The topological polar surface area (TPSA) is 190 Å². The first kappa shape index (κ1) is 41.1. The zero-order valence-electron chi connectivity index (χ0n) is 29.7. The van der Waals surface area contributed by atoms with Gasteiger partial charge in [-0.25, -0.2) is 0 Å². The second-order valence-corrected chi connectivity index (χ2v) is 12.9. The molecule has 1 aliphatic heterocycles. The van der Waals surface area contributed by atoms with Crippen molar-refractivity contribution in [3.63, 3.8) is 0 Å². The van der Waals surface area contributed by atoms with E-state index in [0.717, 1.165) is 36.8 Å². The quantitative estimate of drug-likeness (QED) is 0.0798. The van der Waals surface area contributed by atoms with Gasteiger partial charge in [0.15, 0.2) is 6.29 Å². The maximum Gasteiger partial charge on any atom is 0.308 e. The Labute approximate surface area is 309 Å². The van der Waals surface area contributed by atoms with E-state index in [1.54, 1.807) is 60.7 Å². The first-order chi connectivity index (χ1) is 25.7. The minimum Gasteiger partial charge on any atom is -0.461 e. The summed E-state index contributed by atoms with van der Waals surface area (Å²) in [6.45, 7) is -0.141. The van der Waals surface area contributed by atoms with Gasteiger partial charge in [0.05, 0.1) is 25.6 Å². The van der Waals surface area contributed by atoms with Crippen LogP contribution in [0.4, 0.5) is 0 Å². The first-order valence-corrected chi connectivity index (χ1v) is 18.0. The number of hydrogen-bond acceptors (Lipinski definition) is 11. The minimum atomic E-state index is -1.60. The van der Waals surface area contributed by atoms with Crippen LogP contribution in [0.15, 0.2) is 91.0 Å². The second kappa shape index (κ2) is 22.4. The van der Waals surface area contributed by atoms with Gasteiger partial charge in [-0.15, -0.1) is 0 Å². The number of hydrogen-bond donors (Lipinski definition) is 5. The molecule has 53 heavy (non-hydrogen) atoms. The third kappa shape index (κ3) is 14.4. The second-order valence-electron chi connectivity index (χ2n) is 12.9. The van der Waals surface area contributed by atoms with Crippen LogP contribution in [0.1, 0.15) is 72.9 Å². The van der Waals surface area contributed by atoms with Gasteiger partial charge in [0.25, 0.3) is 5.91 Å². The van der Waals surface area contributed by atoms with Gasteiger partial charge in [0, 0.05) is 18.5 Å². The van der Waals surface area contributed by atoms with Crippen molar-refractivity contribution < 1.29 is 53.4 Å². The molecule has 1 saturated heterocycles. The van der Waals surface area contributed by atoms with Gasteiger partial charge in [-0.05, 0) is 36.1 Å². The lowest BCUT2D eigenvalue weighted by atomic mass is 9.96. The summed E-state index contributed by atoms with van der Waals surface area (Å²) in [5.74, 6) is -1.91. The van der Waals surface area contributed by atoms with Crippen LogP contribution in [0.25, 0.3) is 0 Å².